The predicted octanol–water partition coefficient (Wildman–Crippen LogP) is 7.33. The molecule has 1 rings (SSSR count). The summed E-state index contributed by atoms with van der Waals surface area (Å²) in [5, 5.41) is 53.8. The van der Waals surface area contributed by atoms with Crippen LogP contribution in [0, 0.1) is 0 Å². The van der Waals surface area contributed by atoms with Crippen molar-refractivity contribution in [3.8, 4) is 0 Å². The quantitative estimate of drug-likeness (QED) is 0.0314. The number of aliphatic hydroxyl groups is 5. The standard InChI is InChI=1S/C41H75NO8/c1-3-5-7-9-11-13-14-15-16-17-18-19-20-21-23-24-26-28-30-35(44)34(33-49-41-40(48)39(47)38(46)36(32-43)50-41)42-37(45)31-29-27-25-22-12-10-8-6-4-2/h21-23,25,28,30,34-36,38-41,43-44,46-48H,3-20,24,26-27,29,31-33H2,1-2H3,(H,42,45)/b23-21+,25-22-,30-28+. The average molecular weight is 710 g/mol. The topological polar surface area (TPSA) is 149 Å². The van der Waals surface area contributed by atoms with Gasteiger partial charge in [0.05, 0.1) is 25.4 Å². The highest BCUT2D eigenvalue weighted by atomic mass is 16.7. The molecule has 1 saturated heterocycles. The number of carbonyl (C=O) groups is 1. The molecule has 9 heteroatoms. The van der Waals surface area contributed by atoms with E-state index in [4.69, 9.17) is 9.47 Å². The third-order valence-corrected chi connectivity index (χ3v) is 9.44. The van der Waals surface area contributed by atoms with Crippen LogP contribution < -0.4 is 5.32 Å². The zero-order valence-corrected chi connectivity index (χ0v) is 31.6. The molecule has 0 saturated carbocycles. The molecular formula is C41H75NO8. The molecule has 0 aromatic heterocycles. The van der Waals surface area contributed by atoms with Gasteiger partial charge in [-0.25, -0.2) is 0 Å². The number of allylic oxidation sites excluding steroid dienone is 5. The molecule has 7 unspecified atom stereocenters. The number of rotatable bonds is 32. The number of hydrogen-bond acceptors (Lipinski definition) is 8. The first kappa shape index (κ1) is 46.4. The zero-order valence-electron chi connectivity index (χ0n) is 31.6. The molecule has 1 fully saturated rings. The summed E-state index contributed by atoms with van der Waals surface area (Å²) in [5.41, 5.74) is 0. The first-order valence-corrected chi connectivity index (χ1v) is 20.2. The van der Waals surface area contributed by atoms with Crippen molar-refractivity contribution in [3.05, 3.63) is 36.5 Å². The smallest absolute Gasteiger partial charge is 0.220 e. The molecule has 292 valence electrons. The zero-order chi connectivity index (χ0) is 36.7. The fourth-order valence-corrected chi connectivity index (χ4v) is 6.11. The lowest BCUT2D eigenvalue weighted by Gasteiger charge is -2.40. The SMILES string of the molecule is CCCCCC/C=C\CCCC(=O)NC(COC1OC(CO)C(O)C(O)C1O)C(O)/C=C/CC/C=C/CCCCCCCCCCCCCC. The Labute approximate surface area is 304 Å². The fraction of sp³-hybridized carbons (Fsp3) is 0.829. The number of hydrogen-bond donors (Lipinski definition) is 6. The molecule has 1 aliphatic heterocycles. The molecule has 1 aliphatic rings. The number of ether oxygens (including phenoxy) is 2. The van der Waals surface area contributed by atoms with Gasteiger partial charge in [0, 0.05) is 6.42 Å². The number of amides is 1. The van der Waals surface area contributed by atoms with Gasteiger partial charge in [-0.15, -0.1) is 0 Å². The molecule has 50 heavy (non-hydrogen) atoms. The largest absolute Gasteiger partial charge is 0.394 e. The first-order valence-electron chi connectivity index (χ1n) is 20.2. The summed E-state index contributed by atoms with van der Waals surface area (Å²) in [6, 6.07) is -0.832. The van der Waals surface area contributed by atoms with Crippen LogP contribution in [0.2, 0.25) is 0 Å². The molecule has 0 aliphatic carbocycles. The Morgan fingerprint density at radius 2 is 1.14 bits per heavy atom. The third kappa shape index (κ3) is 23.1. The number of unbranched alkanes of at least 4 members (excludes halogenated alkanes) is 18. The van der Waals surface area contributed by atoms with Crippen molar-refractivity contribution in [1.82, 2.24) is 5.32 Å². The maximum atomic E-state index is 12.8. The maximum Gasteiger partial charge on any atom is 0.220 e. The fourth-order valence-electron chi connectivity index (χ4n) is 6.11. The monoisotopic (exact) mass is 710 g/mol. The van der Waals surface area contributed by atoms with E-state index in [0.717, 1.165) is 32.1 Å². The molecule has 0 bridgehead atoms. The number of nitrogens with one attached hydrogen (secondary N) is 1. The minimum atomic E-state index is -1.57. The van der Waals surface area contributed by atoms with Crippen molar-refractivity contribution in [2.24, 2.45) is 0 Å². The summed E-state index contributed by atoms with van der Waals surface area (Å²) in [4.78, 5) is 12.8. The Balaban J connectivity index is 2.44. The van der Waals surface area contributed by atoms with Crippen LogP contribution in [0.25, 0.3) is 0 Å². The van der Waals surface area contributed by atoms with Gasteiger partial charge < -0.3 is 40.3 Å². The summed E-state index contributed by atoms with van der Waals surface area (Å²) in [6.45, 7) is 3.68. The molecule has 0 aromatic rings. The van der Waals surface area contributed by atoms with Crippen molar-refractivity contribution < 1.29 is 39.8 Å². The summed E-state index contributed by atoms with van der Waals surface area (Å²) >= 11 is 0. The van der Waals surface area contributed by atoms with E-state index < -0.39 is 49.5 Å². The lowest BCUT2D eigenvalue weighted by Crippen LogP contribution is -2.60. The lowest BCUT2D eigenvalue weighted by atomic mass is 9.99. The lowest BCUT2D eigenvalue weighted by molar-refractivity contribution is -0.302. The van der Waals surface area contributed by atoms with Crippen molar-refractivity contribution >= 4 is 5.91 Å². The Morgan fingerprint density at radius 3 is 1.70 bits per heavy atom. The summed E-state index contributed by atoms with van der Waals surface area (Å²) < 4.78 is 11.1. The number of aliphatic hydroxyl groups excluding tert-OH is 5. The van der Waals surface area contributed by atoms with E-state index in [2.05, 4.69) is 43.5 Å². The highest BCUT2D eigenvalue weighted by Crippen LogP contribution is 2.22. The van der Waals surface area contributed by atoms with Gasteiger partial charge in [0.25, 0.3) is 0 Å². The van der Waals surface area contributed by atoms with Crippen molar-refractivity contribution in [3.63, 3.8) is 0 Å². The highest BCUT2D eigenvalue weighted by molar-refractivity contribution is 5.76. The Bertz CT molecular complexity index is 879. The number of carbonyl (C=O) groups excluding carboxylic acids is 1. The van der Waals surface area contributed by atoms with Crippen LogP contribution in [0.15, 0.2) is 36.5 Å². The van der Waals surface area contributed by atoms with Gasteiger partial charge in [0.1, 0.15) is 24.4 Å². The van der Waals surface area contributed by atoms with E-state index in [1.54, 1.807) is 6.08 Å². The minimum Gasteiger partial charge on any atom is -0.394 e. The van der Waals surface area contributed by atoms with Gasteiger partial charge in [0.2, 0.25) is 5.91 Å². The van der Waals surface area contributed by atoms with Crippen LogP contribution in [0.5, 0.6) is 0 Å². The van der Waals surface area contributed by atoms with Crippen LogP contribution in [0.4, 0.5) is 0 Å². The Hall–Kier alpha value is -1.59. The van der Waals surface area contributed by atoms with E-state index in [9.17, 15) is 30.3 Å². The molecule has 0 radical (unpaired) electrons. The van der Waals surface area contributed by atoms with Crippen molar-refractivity contribution in [2.45, 2.75) is 204 Å². The molecule has 1 amide bonds. The van der Waals surface area contributed by atoms with Gasteiger partial charge >= 0.3 is 0 Å². The molecule has 0 aromatic carbocycles. The van der Waals surface area contributed by atoms with E-state index in [1.165, 1.54) is 103 Å². The Kier molecular flexibility index (Phi) is 29.8. The van der Waals surface area contributed by atoms with Crippen molar-refractivity contribution in [1.29, 1.82) is 0 Å². The normalized spacial score (nSPS) is 22.6. The molecular weight excluding hydrogens is 634 g/mol. The first-order chi connectivity index (χ1) is 24.3. The summed E-state index contributed by atoms with van der Waals surface area (Å²) in [5.74, 6) is -0.225. The van der Waals surface area contributed by atoms with Crippen LogP contribution in [0.3, 0.4) is 0 Å². The second-order valence-corrected chi connectivity index (χ2v) is 14.1. The van der Waals surface area contributed by atoms with Crippen LogP contribution in [-0.2, 0) is 14.3 Å². The molecule has 7 atom stereocenters. The third-order valence-electron chi connectivity index (χ3n) is 9.44. The van der Waals surface area contributed by atoms with Gasteiger partial charge in [-0.3, -0.25) is 4.79 Å². The van der Waals surface area contributed by atoms with Gasteiger partial charge in [-0.05, 0) is 51.4 Å². The minimum absolute atomic E-state index is 0.212. The van der Waals surface area contributed by atoms with Gasteiger partial charge in [-0.1, -0.05) is 140 Å². The maximum absolute atomic E-state index is 12.8. The molecule has 1 heterocycles. The molecule has 9 nitrogen and oxygen atoms in total. The average Bonchev–Trinajstić information content (AvgIpc) is 3.11. The summed E-state index contributed by atoms with van der Waals surface area (Å²) in [6.07, 6.45) is 30.6. The van der Waals surface area contributed by atoms with Gasteiger partial charge in [-0.2, -0.15) is 0 Å². The highest BCUT2D eigenvalue weighted by Gasteiger charge is 2.44. The predicted molar refractivity (Wildman–Crippen MR) is 203 cm³/mol. The van der Waals surface area contributed by atoms with E-state index in [1.807, 2.05) is 6.08 Å². The van der Waals surface area contributed by atoms with Gasteiger partial charge in [0.15, 0.2) is 6.29 Å². The van der Waals surface area contributed by atoms with Crippen LogP contribution in [0.1, 0.15) is 162 Å². The van der Waals surface area contributed by atoms with E-state index in [0.29, 0.717) is 6.42 Å². The second kappa shape index (κ2) is 32.1. The van der Waals surface area contributed by atoms with E-state index >= 15 is 0 Å². The van der Waals surface area contributed by atoms with Crippen molar-refractivity contribution in [2.75, 3.05) is 13.2 Å². The molecule has 6 N–H and O–H groups in total. The molecule has 0 spiro atoms. The second-order valence-electron chi connectivity index (χ2n) is 14.1. The Morgan fingerprint density at radius 1 is 0.660 bits per heavy atom. The summed E-state index contributed by atoms with van der Waals surface area (Å²) in [7, 11) is 0. The van der Waals surface area contributed by atoms with Crippen LogP contribution >= 0.6 is 0 Å². The van der Waals surface area contributed by atoms with E-state index in [-0.39, 0.29) is 18.9 Å². The van der Waals surface area contributed by atoms with Crippen LogP contribution in [-0.4, -0.2) is 87.5 Å².